The van der Waals surface area contributed by atoms with Crippen LogP contribution in [0.5, 0.6) is 0 Å². The highest BCUT2D eigenvalue weighted by Crippen LogP contribution is 2.30. The van der Waals surface area contributed by atoms with Crippen LogP contribution in [0.2, 0.25) is 0 Å². The molecule has 0 aliphatic carbocycles. The number of carbonyl (C=O) groups is 1. The van der Waals surface area contributed by atoms with Crippen molar-refractivity contribution in [2.45, 2.75) is 50.6 Å². The maximum Gasteiger partial charge on any atom is 0.140 e. The summed E-state index contributed by atoms with van der Waals surface area (Å²) in [5.41, 5.74) is 1.10. The van der Waals surface area contributed by atoms with Gasteiger partial charge < -0.3 is 5.32 Å². The highest BCUT2D eigenvalue weighted by Gasteiger charge is 2.34. The normalized spacial score (nSPS) is 31.0. The van der Waals surface area contributed by atoms with Crippen molar-refractivity contribution in [3.8, 4) is 0 Å². The number of ketones is 1. The van der Waals surface area contributed by atoms with Gasteiger partial charge in [0, 0.05) is 36.8 Å². The Morgan fingerprint density at radius 3 is 2.56 bits per heavy atom. The third-order valence-corrected chi connectivity index (χ3v) is 4.30. The van der Waals surface area contributed by atoms with Crippen molar-refractivity contribution in [2.24, 2.45) is 5.92 Å². The van der Waals surface area contributed by atoms with Crippen LogP contribution in [0.3, 0.4) is 0 Å². The van der Waals surface area contributed by atoms with Crippen LogP contribution >= 0.6 is 0 Å². The van der Waals surface area contributed by atoms with Crippen LogP contribution in [0.25, 0.3) is 0 Å². The zero-order valence-corrected chi connectivity index (χ0v) is 10.6. The lowest BCUT2D eigenvalue weighted by Gasteiger charge is -2.39. The van der Waals surface area contributed by atoms with Gasteiger partial charge in [0.2, 0.25) is 0 Å². The molecule has 3 rings (SSSR count). The van der Waals surface area contributed by atoms with Gasteiger partial charge in [0.25, 0.3) is 0 Å². The van der Waals surface area contributed by atoms with Gasteiger partial charge in [0.15, 0.2) is 0 Å². The van der Waals surface area contributed by atoms with E-state index in [2.05, 4.69) is 10.3 Å². The molecule has 2 saturated heterocycles. The molecule has 2 aliphatic rings. The number of Topliss-reactive ketones (excluding diaryl/α,β-unsaturated/α-hetero) is 1. The average molecular weight is 244 g/mol. The number of nitrogens with zero attached hydrogens (tertiary/aromatic N) is 1. The fourth-order valence-electron chi connectivity index (χ4n) is 3.37. The van der Waals surface area contributed by atoms with Crippen LogP contribution in [0, 0.1) is 5.92 Å². The van der Waals surface area contributed by atoms with Crippen LogP contribution in [0.1, 0.15) is 37.7 Å². The summed E-state index contributed by atoms with van der Waals surface area (Å²) in [6, 6.07) is 5.06. The van der Waals surface area contributed by atoms with E-state index in [9.17, 15) is 4.79 Å². The van der Waals surface area contributed by atoms with E-state index < -0.39 is 0 Å². The Hall–Kier alpha value is -1.22. The predicted molar refractivity (Wildman–Crippen MR) is 70.2 cm³/mol. The van der Waals surface area contributed by atoms with Gasteiger partial charge in [-0.3, -0.25) is 9.78 Å². The second-order valence-corrected chi connectivity index (χ2v) is 5.66. The lowest BCUT2D eigenvalue weighted by Crippen LogP contribution is -2.50. The zero-order chi connectivity index (χ0) is 12.4. The van der Waals surface area contributed by atoms with Crippen molar-refractivity contribution in [3.05, 3.63) is 30.1 Å². The lowest BCUT2D eigenvalue weighted by molar-refractivity contribution is -0.124. The number of pyridine rings is 1. The summed E-state index contributed by atoms with van der Waals surface area (Å²) in [7, 11) is 0. The zero-order valence-electron chi connectivity index (χ0n) is 10.6. The molecule has 0 saturated carbocycles. The number of hydrogen-bond acceptors (Lipinski definition) is 3. The molecule has 18 heavy (non-hydrogen) atoms. The SMILES string of the molecule is O=C(Cc1ccncc1)C1CC2CCCC(C1)N2. The Labute approximate surface area is 108 Å². The first-order valence-electron chi connectivity index (χ1n) is 6.99. The van der Waals surface area contributed by atoms with E-state index in [-0.39, 0.29) is 5.92 Å². The highest BCUT2D eigenvalue weighted by atomic mass is 16.1. The molecule has 2 bridgehead atoms. The van der Waals surface area contributed by atoms with Crippen molar-refractivity contribution in [1.82, 2.24) is 10.3 Å². The second-order valence-electron chi connectivity index (χ2n) is 5.66. The number of hydrogen-bond donors (Lipinski definition) is 1. The van der Waals surface area contributed by atoms with Crippen LogP contribution < -0.4 is 5.32 Å². The van der Waals surface area contributed by atoms with Crippen molar-refractivity contribution in [2.75, 3.05) is 0 Å². The molecule has 0 spiro atoms. The third-order valence-electron chi connectivity index (χ3n) is 4.30. The topological polar surface area (TPSA) is 42.0 Å². The minimum Gasteiger partial charge on any atom is -0.311 e. The molecule has 1 aromatic heterocycles. The number of rotatable bonds is 3. The largest absolute Gasteiger partial charge is 0.311 e. The van der Waals surface area contributed by atoms with Crippen LogP contribution in [-0.2, 0) is 11.2 Å². The maximum atomic E-state index is 12.4. The summed E-state index contributed by atoms with van der Waals surface area (Å²) >= 11 is 0. The first-order chi connectivity index (χ1) is 8.81. The first kappa shape index (κ1) is 11.8. The van der Waals surface area contributed by atoms with Crippen molar-refractivity contribution in [1.29, 1.82) is 0 Å². The van der Waals surface area contributed by atoms with E-state index in [4.69, 9.17) is 0 Å². The molecule has 0 aromatic carbocycles. The molecule has 3 heteroatoms. The smallest absolute Gasteiger partial charge is 0.140 e. The third kappa shape index (κ3) is 2.61. The van der Waals surface area contributed by atoms with Gasteiger partial charge in [-0.2, -0.15) is 0 Å². The molecule has 1 N–H and O–H groups in total. The van der Waals surface area contributed by atoms with Crippen molar-refractivity contribution < 1.29 is 4.79 Å². The summed E-state index contributed by atoms with van der Waals surface area (Å²) in [4.78, 5) is 16.3. The fourth-order valence-corrected chi connectivity index (χ4v) is 3.37. The minimum atomic E-state index is 0.273. The van der Waals surface area contributed by atoms with E-state index in [1.54, 1.807) is 12.4 Å². The minimum absolute atomic E-state index is 0.273. The van der Waals surface area contributed by atoms with Gasteiger partial charge in [-0.25, -0.2) is 0 Å². The molecule has 3 heterocycles. The van der Waals surface area contributed by atoms with E-state index in [0.29, 0.717) is 24.3 Å². The lowest BCUT2D eigenvalue weighted by atomic mass is 9.77. The number of nitrogens with one attached hydrogen (secondary N) is 1. The van der Waals surface area contributed by atoms with Crippen LogP contribution in [0.4, 0.5) is 0 Å². The van der Waals surface area contributed by atoms with E-state index >= 15 is 0 Å². The van der Waals surface area contributed by atoms with Crippen LogP contribution in [0.15, 0.2) is 24.5 Å². The number of carbonyl (C=O) groups excluding carboxylic acids is 1. The molecule has 2 atom stereocenters. The molecule has 0 radical (unpaired) electrons. The molecule has 2 aliphatic heterocycles. The molecule has 3 nitrogen and oxygen atoms in total. The fraction of sp³-hybridized carbons (Fsp3) is 0.600. The van der Waals surface area contributed by atoms with Crippen molar-refractivity contribution >= 4 is 5.78 Å². The van der Waals surface area contributed by atoms with E-state index in [1.165, 1.54) is 19.3 Å². The Bertz CT molecular complexity index is 406. The molecule has 1 aromatic rings. The summed E-state index contributed by atoms with van der Waals surface area (Å²) in [6.45, 7) is 0. The summed E-state index contributed by atoms with van der Waals surface area (Å²) < 4.78 is 0. The highest BCUT2D eigenvalue weighted by molar-refractivity contribution is 5.83. The number of piperidine rings is 2. The van der Waals surface area contributed by atoms with E-state index in [1.807, 2.05) is 12.1 Å². The summed E-state index contributed by atoms with van der Waals surface area (Å²) in [5, 5.41) is 3.64. The van der Waals surface area contributed by atoms with Gasteiger partial charge in [-0.15, -0.1) is 0 Å². The molecular formula is C15H20N2O. The number of aromatic nitrogens is 1. The maximum absolute atomic E-state index is 12.4. The standard InChI is InChI=1S/C15H20N2O/c18-15(8-11-4-6-16-7-5-11)12-9-13-2-1-3-14(10-12)17-13/h4-7,12-14,17H,1-3,8-10H2. The van der Waals surface area contributed by atoms with Gasteiger partial charge in [-0.05, 0) is 43.4 Å². The van der Waals surface area contributed by atoms with Gasteiger partial charge >= 0.3 is 0 Å². The van der Waals surface area contributed by atoms with Gasteiger partial charge in [0.05, 0.1) is 0 Å². The summed E-state index contributed by atoms with van der Waals surface area (Å²) in [5.74, 6) is 0.689. The van der Waals surface area contributed by atoms with Gasteiger partial charge in [0.1, 0.15) is 5.78 Å². The molecule has 96 valence electrons. The predicted octanol–water partition coefficient (Wildman–Crippen LogP) is 2.11. The van der Waals surface area contributed by atoms with Crippen LogP contribution in [-0.4, -0.2) is 22.9 Å². The van der Waals surface area contributed by atoms with E-state index in [0.717, 1.165) is 18.4 Å². The molecular weight excluding hydrogens is 224 g/mol. The molecule has 0 amide bonds. The van der Waals surface area contributed by atoms with Crippen molar-refractivity contribution in [3.63, 3.8) is 0 Å². The first-order valence-corrected chi connectivity index (χ1v) is 6.99. The summed E-state index contributed by atoms with van der Waals surface area (Å²) in [6.07, 6.45) is 10.0. The molecule has 2 fully saturated rings. The Balaban J connectivity index is 1.63. The van der Waals surface area contributed by atoms with Gasteiger partial charge in [-0.1, -0.05) is 6.42 Å². The average Bonchev–Trinajstić information content (AvgIpc) is 2.39. The Kier molecular flexibility index (Phi) is 3.41. The Morgan fingerprint density at radius 2 is 1.89 bits per heavy atom. The Morgan fingerprint density at radius 1 is 1.22 bits per heavy atom. The number of fused-ring (bicyclic) bond motifs is 2. The quantitative estimate of drug-likeness (QED) is 0.885. The second kappa shape index (κ2) is 5.19. The molecule has 2 unspecified atom stereocenters. The monoisotopic (exact) mass is 244 g/mol.